The van der Waals surface area contributed by atoms with Crippen molar-refractivity contribution < 1.29 is 12.9 Å². The largest absolute Gasteiger partial charge is 0.378 e. The zero-order chi connectivity index (χ0) is 13.0. The minimum absolute atomic E-state index is 0.109. The summed E-state index contributed by atoms with van der Waals surface area (Å²) in [5.74, 6) is 0.831. The second-order valence-electron chi connectivity index (χ2n) is 3.76. The Labute approximate surface area is 106 Å². The molecule has 1 aromatic heterocycles. The fourth-order valence-corrected chi connectivity index (χ4v) is 2.35. The van der Waals surface area contributed by atoms with Gasteiger partial charge in [-0.1, -0.05) is 12.1 Å². The highest BCUT2D eigenvalue weighted by Gasteiger charge is 2.10. The monoisotopic (exact) mass is 266 g/mol. The summed E-state index contributed by atoms with van der Waals surface area (Å²) in [6.45, 7) is 2.14. The summed E-state index contributed by atoms with van der Waals surface area (Å²) in [6, 6.07) is 8.43. The average Bonchev–Trinajstić information content (AvgIpc) is 2.90. The van der Waals surface area contributed by atoms with Gasteiger partial charge in [-0.25, -0.2) is 8.42 Å². The summed E-state index contributed by atoms with van der Waals surface area (Å²) in [6.07, 6.45) is 1.58. The van der Waals surface area contributed by atoms with Crippen LogP contribution in [-0.2, 0) is 16.4 Å². The van der Waals surface area contributed by atoms with E-state index in [4.69, 9.17) is 4.52 Å². The standard InChI is InChI=1S/C12H14N2O3S/c1-2-18(15,16)12-5-3-10(4-6-12)13-9-11-7-8-14-17-11/h3-8,13H,2,9H2,1H3. The van der Waals surface area contributed by atoms with Gasteiger partial charge in [-0.15, -0.1) is 0 Å². The summed E-state index contributed by atoms with van der Waals surface area (Å²) in [7, 11) is -3.13. The lowest BCUT2D eigenvalue weighted by molar-refractivity contribution is 0.388. The number of sulfone groups is 1. The van der Waals surface area contributed by atoms with Gasteiger partial charge >= 0.3 is 0 Å². The first kappa shape index (κ1) is 12.6. The molecule has 5 nitrogen and oxygen atoms in total. The van der Waals surface area contributed by atoms with Gasteiger partial charge in [0.15, 0.2) is 15.6 Å². The topological polar surface area (TPSA) is 72.2 Å². The molecule has 18 heavy (non-hydrogen) atoms. The number of nitrogens with zero attached hydrogens (tertiary/aromatic N) is 1. The predicted molar refractivity (Wildman–Crippen MR) is 68.0 cm³/mol. The summed E-state index contributed by atoms with van der Waals surface area (Å²) in [4.78, 5) is 0.343. The molecule has 96 valence electrons. The number of anilines is 1. The Bertz CT molecular complexity index is 589. The molecular weight excluding hydrogens is 252 g/mol. The van der Waals surface area contributed by atoms with E-state index in [1.54, 1.807) is 43.5 Å². The van der Waals surface area contributed by atoms with Crippen molar-refractivity contribution in [2.24, 2.45) is 0 Å². The molecule has 0 atom stereocenters. The summed E-state index contributed by atoms with van der Waals surface area (Å²) in [5, 5.41) is 6.71. The first-order valence-corrected chi connectivity index (χ1v) is 7.23. The van der Waals surface area contributed by atoms with E-state index in [0.717, 1.165) is 11.4 Å². The Kier molecular flexibility index (Phi) is 3.66. The van der Waals surface area contributed by atoms with Crippen LogP contribution >= 0.6 is 0 Å². The smallest absolute Gasteiger partial charge is 0.178 e. The molecule has 2 rings (SSSR count). The number of nitrogens with one attached hydrogen (secondary N) is 1. The lowest BCUT2D eigenvalue weighted by atomic mass is 10.3. The molecule has 0 aliphatic heterocycles. The van der Waals surface area contributed by atoms with Crippen molar-refractivity contribution in [3.05, 3.63) is 42.3 Å². The van der Waals surface area contributed by atoms with Crippen molar-refractivity contribution in [2.75, 3.05) is 11.1 Å². The van der Waals surface area contributed by atoms with Gasteiger partial charge in [0.25, 0.3) is 0 Å². The van der Waals surface area contributed by atoms with Gasteiger partial charge in [0.05, 0.1) is 23.4 Å². The summed E-state index contributed by atoms with van der Waals surface area (Å²) in [5.41, 5.74) is 0.835. The molecule has 6 heteroatoms. The lowest BCUT2D eigenvalue weighted by Crippen LogP contribution is -2.04. The molecule has 0 saturated carbocycles. The van der Waals surface area contributed by atoms with Crippen LogP contribution < -0.4 is 5.32 Å². The molecule has 1 heterocycles. The third-order valence-corrected chi connectivity index (χ3v) is 4.30. The highest BCUT2D eigenvalue weighted by Crippen LogP contribution is 2.15. The third-order valence-electron chi connectivity index (χ3n) is 2.55. The lowest BCUT2D eigenvalue weighted by Gasteiger charge is -2.05. The van der Waals surface area contributed by atoms with Crippen molar-refractivity contribution in [1.82, 2.24) is 5.16 Å². The maximum atomic E-state index is 11.6. The van der Waals surface area contributed by atoms with E-state index in [-0.39, 0.29) is 5.75 Å². The van der Waals surface area contributed by atoms with Gasteiger partial charge in [0.1, 0.15) is 0 Å². The maximum absolute atomic E-state index is 11.6. The fourth-order valence-electron chi connectivity index (χ4n) is 1.47. The van der Waals surface area contributed by atoms with Gasteiger partial charge in [0.2, 0.25) is 0 Å². The highest BCUT2D eigenvalue weighted by molar-refractivity contribution is 7.91. The van der Waals surface area contributed by atoms with Gasteiger partial charge in [0, 0.05) is 11.8 Å². The van der Waals surface area contributed by atoms with Crippen molar-refractivity contribution in [1.29, 1.82) is 0 Å². The molecular formula is C12H14N2O3S. The summed E-state index contributed by atoms with van der Waals surface area (Å²) >= 11 is 0. The van der Waals surface area contributed by atoms with E-state index >= 15 is 0 Å². The number of hydrogen-bond donors (Lipinski definition) is 1. The van der Waals surface area contributed by atoms with Crippen LogP contribution in [0.15, 0.2) is 45.9 Å². The minimum Gasteiger partial charge on any atom is -0.378 e. The van der Waals surface area contributed by atoms with Crippen molar-refractivity contribution in [2.45, 2.75) is 18.4 Å². The fraction of sp³-hybridized carbons (Fsp3) is 0.250. The van der Waals surface area contributed by atoms with Crippen LogP contribution in [0.5, 0.6) is 0 Å². The number of aromatic nitrogens is 1. The van der Waals surface area contributed by atoms with Gasteiger partial charge in [-0.2, -0.15) is 0 Å². The van der Waals surface area contributed by atoms with Gasteiger partial charge < -0.3 is 9.84 Å². The molecule has 0 amide bonds. The van der Waals surface area contributed by atoms with E-state index in [9.17, 15) is 8.42 Å². The van der Waals surface area contributed by atoms with E-state index in [2.05, 4.69) is 10.5 Å². The summed E-state index contributed by atoms with van der Waals surface area (Å²) < 4.78 is 28.2. The van der Waals surface area contributed by atoms with Crippen LogP contribution in [0.25, 0.3) is 0 Å². The average molecular weight is 266 g/mol. The maximum Gasteiger partial charge on any atom is 0.178 e. The first-order chi connectivity index (χ1) is 8.62. The molecule has 0 radical (unpaired) electrons. The molecule has 1 N–H and O–H groups in total. The van der Waals surface area contributed by atoms with Crippen LogP contribution in [0.2, 0.25) is 0 Å². The zero-order valence-corrected chi connectivity index (χ0v) is 10.8. The second-order valence-corrected chi connectivity index (χ2v) is 6.04. The Balaban J connectivity index is 2.04. The molecule has 2 aromatic rings. The van der Waals surface area contributed by atoms with Gasteiger partial charge in [-0.05, 0) is 24.3 Å². The third kappa shape index (κ3) is 2.89. The van der Waals surface area contributed by atoms with Crippen molar-refractivity contribution in [3.63, 3.8) is 0 Å². The van der Waals surface area contributed by atoms with Crippen molar-refractivity contribution in [3.8, 4) is 0 Å². The molecule has 0 aliphatic carbocycles. The van der Waals surface area contributed by atoms with E-state index in [1.165, 1.54) is 0 Å². The Morgan fingerprint density at radius 1 is 1.22 bits per heavy atom. The highest BCUT2D eigenvalue weighted by atomic mass is 32.2. The van der Waals surface area contributed by atoms with Crippen LogP contribution in [0, 0.1) is 0 Å². The van der Waals surface area contributed by atoms with Crippen LogP contribution in [0.4, 0.5) is 5.69 Å². The van der Waals surface area contributed by atoms with E-state index in [1.807, 2.05) is 0 Å². The molecule has 0 spiro atoms. The molecule has 0 aliphatic rings. The minimum atomic E-state index is -3.13. The Hall–Kier alpha value is -1.82. The van der Waals surface area contributed by atoms with E-state index in [0.29, 0.717) is 11.4 Å². The first-order valence-electron chi connectivity index (χ1n) is 5.58. The Morgan fingerprint density at radius 2 is 1.94 bits per heavy atom. The van der Waals surface area contributed by atoms with Crippen molar-refractivity contribution >= 4 is 15.5 Å². The van der Waals surface area contributed by atoms with Crippen LogP contribution in [0.3, 0.4) is 0 Å². The number of benzene rings is 1. The molecule has 0 bridgehead atoms. The second kappa shape index (κ2) is 5.22. The zero-order valence-electron chi connectivity index (χ0n) is 9.96. The molecule has 1 aromatic carbocycles. The van der Waals surface area contributed by atoms with Gasteiger partial charge in [-0.3, -0.25) is 0 Å². The molecule has 0 unspecified atom stereocenters. The predicted octanol–water partition coefficient (Wildman–Crippen LogP) is 2.08. The normalized spacial score (nSPS) is 11.4. The van der Waals surface area contributed by atoms with Crippen LogP contribution in [0.1, 0.15) is 12.7 Å². The van der Waals surface area contributed by atoms with E-state index < -0.39 is 9.84 Å². The Morgan fingerprint density at radius 3 is 2.50 bits per heavy atom. The SMILES string of the molecule is CCS(=O)(=O)c1ccc(NCc2ccno2)cc1. The molecule has 0 fully saturated rings. The molecule has 0 saturated heterocycles. The van der Waals surface area contributed by atoms with Crippen LogP contribution in [-0.4, -0.2) is 19.3 Å². The quantitative estimate of drug-likeness (QED) is 0.897. The number of rotatable bonds is 5. The number of hydrogen-bond acceptors (Lipinski definition) is 5.